The molecule has 0 radical (unpaired) electrons. The maximum Gasteiger partial charge on any atom is 0.328 e. The summed E-state index contributed by atoms with van der Waals surface area (Å²) in [6.45, 7) is 2.84. The van der Waals surface area contributed by atoms with Crippen molar-refractivity contribution in [3.8, 4) is 5.75 Å². The molecule has 0 aliphatic rings. The number of amides is 3. The third kappa shape index (κ3) is 8.88. The molecular weight excluding hydrogens is 484 g/mol. The predicted octanol–water partition coefficient (Wildman–Crippen LogP) is -1.19. The van der Waals surface area contributed by atoms with Gasteiger partial charge in [-0.1, -0.05) is 32.4 Å². The summed E-state index contributed by atoms with van der Waals surface area (Å²) in [5, 5.41) is 35.4. The number of carbonyl (C=O) groups is 4. The summed E-state index contributed by atoms with van der Waals surface area (Å²) in [4.78, 5) is 57.0. The van der Waals surface area contributed by atoms with Crippen LogP contribution in [0.2, 0.25) is 0 Å². The lowest BCUT2D eigenvalue weighted by Crippen LogP contribution is -2.59. The monoisotopic (exact) mass is 518 g/mol. The number of carbonyl (C=O) groups excluding carboxylic acids is 3. The van der Waals surface area contributed by atoms with E-state index < -0.39 is 54.5 Å². The molecule has 0 saturated heterocycles. The van der Waals surface area contributed by atoms with Crippen molar-refractivity contribution in [2.45, 2.75) is 57.3 Å². The molecule has 13 nitrogen and oxygen atoms in total. The largest absolute Gasteiger partial charge is 0.508 e. The average molecular weight is 519 g/mol. The van der Waals surface area contributed by atoms with Crippen molar-refractivity contribution in [3.05, 3.63) is 48.0 Å². The molecule has 5 atom stereocenters. The van der Waals surface area contributed by atoms with E-state index in [-0.39, 0.29) is 24.5 Å². The minimum Gasteiger partial charge on any atom is -0.508 e. The molecule has 0 aliphatic carbocycles. The molecule has 0 saturated carbocycles. The minimum atomic E-state index is -1.57. The van der Waals surface area contributed by atoms with Gasteiger partial charge >= 0.3 is 5.97 Å². The van der Waals surface area contributed by atoms with E-state index in [4.69, 9.17) is 5.73 Å². The van der Waals surface area contributed by atoms with Crippen molar-refractivity contribution < 1.29 is 34.5 Å². The molecule has 9 N–H and O–H groups in total. The number of H-pyrrole nitrogens is 1. The number of phenolic OH excluding ortho intramolecular Hbond substituents is 1. The predicted molar refractivity (Wildman–Crippen MR) is 132 cm³/mol. The van der Waals surface area contributed by atoms with Crippen LogP contribution in [0.15, 0.2) is 36.8 Å². The SMILES string of the molecule is CCC(C)C(N)C(=O)NC(Cc1ccc(O)cc1)C(=O)NC(Cc1cnc[nH]1)C(=O)NC(CO)C(=O)O. The summed E-state index contributed by atoms with van der Waals surface area (Å²) in [7, 11) is 0. The molecule has 0 spiro atoms. The van der Waals surface area contributed by atoms with E-state index in [1.807, 2.05) is 13.8 Å². The molecule has 2 aromatic rings. The minimum absolute atomic E-state index is 0.0257. The van der Waals surface area contributed by atoms with Crippen LogP contribution in [0.5, 0.6) is 5.75 Å². The van der Waals surface area contributed by atoms with Crippen LogP contribution < -0.4 is 21.7 Å². The Morgan fingerprint density at radius 3 is 2.05 bits per heavy atom. The first kappa shape index (κ1) is 29.3. The van der Waals surface area contributed by atoms with Crippen molar-refractivity contribution in [2.75, 3.05) is 6.61 Å². The fourth-order valence-electron chi connectivity index (χ4n) is 3.41. The fourth-order valence-corrected chi connectivity index (χ4v) is 3.41. The van der Waals surface area contributed by atoms with Crippen LogP contribution in [0.1, 0.15) is 31.5 Å². The summed E-state index contributed by atoms with van der Waals surface area (Å²) in [6.07, 6.45) is 3.42. The Hall–Kier alpha value is -3.97. The van der Waals surface area contributed by atoms with E-state index in [0.717, 1.165) is 0 Å². The van der Waals surface area contributed by atoms with Crippen molar-refractivity contribution in [1.29, 1.82) is 0 Å². The third-order valence-corrected chi connectivity index (χ3v) is 5.98. The van der Waals surface area contributed by atoms with Crippen molar-refractivity contribution in [1.82, 2.24) is 25.9 Å². The highest BCUT2D eigenvalue weighted by Gasteiger charge is 2.31. The Morgan fingerprint density at radius 2 is 1.54 bits per heavy atom. The molecule has 37 heavy (non-hydrogen) atoms. The van der Waals surface area contributed by atoms with Gasteiger partial charge in [0.05, 0.1) is 19.0 Å². The summed E-state index contributed by atoms with van der Waals surface area (Å²) in [6, 6.07) is 1.20. The molecule has 2 rings (SSSR count). The van der Waals surface area contributed by atoms with Gasteiger partial charge in [0.1, 0.15) is 23.9 Å². The van der Waals surface area contributed by atoms with Gasteiger partial charge in [-0.25, -0.2) is 9.78 Å². The molecule has 0 fully saturated rings. The number of aromatic nitrogens is 2. The van der Waals surface area contributed by atoms with E-state index in [1.165, 1.54) is 24.7 Å². The number of hydrogen-bond donors (Lipinski definition) is 8. The molecule has 0 bridgehead atoms. The maximum absolute atomic E-state index is 13.4. The van der Waals surface area contributed by atoms with Gasteiger partial charge in [-0.2, -0.15) is 0 Å². The number of aromatic hydroxyl groups is 1. The number of rotatable bonds is 14. The number of imidazole rings is 1. The second kappa shape index (κ2) is 13.9. The number of benzene rings is 1. The van der Waals surface area contributed by atoms with Gasteiger partial charge in [-0.05, 0) is 23.6 Å². The second-order valence-electron chi connectivity index (χ2n) is 8.77. The van der Waals surface area contributed by atoms with Gasteiger partial charge < -0.3 is 42.0 Å². The van der Waals surface area contributed by atoms with Crippen molar-refractivity contribution in [2.24, 2.45) is 11.7 Å². The molecule has 1 aromatic carbocycles. The highest BCUT2D eigenvalue weighted by atomic mass is 16.4. The van der Waals surface area contributed by atoms with Crippen LogP contribution in [-0.4, -0.2) is 79.8 Å². The van der Waals surface area contributed by atoms with E-state index >= 15 is 0 Å². The Bertz CT molecular complexity index is 1040. The van der Waals surface area contributed by atoms with Gasteiger partial charge in [0.25, 0.3) is 0 Å². The van der Waals surface area contributed by atoms with Crippen LogP contribution in [0.25, 0.3) is 0 Å². The number of aliphatic hydroxyl groups is 1. The smallest absolute Gasteiger partial charge is 0.328 e. The third-order valence-electron chi connectivity index (χ3n) is 5.98. The van der Waals surface area contributed by atoms with Gasteiger partial charge in [0.15, 0.2) is 0 Å². The highest BCUT2D eigenvalue weighted by Crippen LogP contribution is 2.13. The lowest BCUT2D eigenvalue weighted by molar-refractivity contribution is -0.143. The van der Waals surface area contributed by atoms with Crippen LogP contribution in [-0.2, 0) is 32.0 Å². The number of nitrogens with two attached hydrogens (primary N) is 1. The molecule has 3 amide bonds. The van der Waals surface area contributed by atoms with Crippen molar-refractivity contribution >= 4 is 23.7 Å². The second-order valence-corrected chi connectivity index (χ2v) is 8.77. The zero-order valence-electron chi connectivity index (χ0n) is 20.7. The topological polar surface area (TPSA) is 220 Å². The number of nitrogens with one attached hydrogen (secondary N) is 4. The highest BCUT2D eigenvalue weighted by molar-refractivity contribution is 5.94. The zero-order valence-corrected chi connectivity index (χ0v) is 20.7. The summed E-state index contributed by atoms with van der Waals surface area (Å²) in [5.74, 6) is -3.68. The van der Waals surface area contributed by atoms with Gasteiger partial charge in [-0.3, -0.25) is 14.4 Å². The van der Waals surface area contributed by atoms with Gasteiger partial charge in [-0.15, -0.1) is 0 Å². The molecule has 1 heterocycles. The fraction of sp³-hybridized carbons (Fsp3) is 0.458. The maximum atomic E-state index is 13.4. The van der Waals surface area contributed by atoms with Gasteiger partial charge in [0.2, 0.25) is 17.7 Å². The number of aliphatic hydroxyl groups excluding tert-OH is 1. The van der Waals surface area contributed by atoms with Crippen LogP contribution in [0.4, 0.5) is 0 Å². The van der Waals surface area contributed by atoms with Gasteiger partial charge in [0, 0.05) is 24.7 Å². The number of nitrogens with zero attached hydrogens (tertiary/aromatic N) is 1. The average Bonchev–Trinajstić information content (AvgIpc) is 3.39. The molecular formula is C24H34N6O7. The first-order valence-electron chi connectivity index (χ1n) is 11.8. The van der Waals surface area contributed by atoms with Crippen LogP contribution in [0.3, 0.4) is 0 Å². The molecule has 5 unspecified atom stereocenters. The van der Waals surface area contributed by atoms with E-state index in [1.54, 1.807) is 12.1 Å². The normalized spacial score (nSPS) is 15.0. The Morgan fingerprint density at radius 1 is 0.973 bits per heavy atom. The number of aliphatic carboxylic acids is 1. The van der Waals surface area contributed by atoms with Crippen LogP contribution >= 0.6 is 0 Å². The quantitative estimate of drug-likeness (QED) is 0.150. The van der Waals surface area contributed by atoms with E-state index in [9.17, 15) is 34.5 Å². The molecule has 13 heteroatoms. The zero-order chi connectivity index (χ0) is 27.5. The number of carboxylic acid groups (broad SMARTS) is 1. The molecule has 0 aliphatic heterocycles. The number of carboxylic acids is 1. The Labute approximate surface area is 213 Å². The standard InChI is InChI=1S/C24H34N6O7/c1-3-13(2)20(25)23(35)29-17(8-14-4-6-16(32)7-5-14)21(33)28-18(9-15-10-26-12-27-15)22(34)30-19(11-31)24(36)37/h4-7,10,12-13,17-20,31-32H,3,8-9,11,25H2,1-2H3,(H,26,27)(H,28,33)(H,29,35)(H,30,34)(H,36,37). The molecule has 202 valence electrons. The lowest BCUT2D eigenvalue weighted by Gasteiger charge is -2.26. The van der Waals surface area contributed by atoms with E-state index in [2.05, 4.69) is 25.9 Å². The lowest BCUT2D eigenvalue weighted by atomic mass is 9.98. The van der Waals surface area contributed by atoms with Crippen LogP contribution in [0, 0.1) is 5.92 Å². The number of aromatic amines is 1. The number of phenols is 1. The summed E-state index contributed by atoms with van der Waals surface area (Å²) in [5.41, 5.74) is 7.14. The first-order valence-corrected chi connectivity index (χ1v) is 11.8. The molecule has 1 aromatic heterocycles. The van der Waals surface area contributed by atoms with Crippen molar-refractivity contribution in [3.63, 3.8) is 0 Å². The van der Waals surface area contributed by atoms with E-state index in [0.29, 0.717) is 17.7 Å². The summed E-state index contributed by atoms with van der Waals surface area (Å²) >= 11 is 0. The Balaban J connectivity index is 2.28. The Kier molecular flexibility index (Phi) is 11.0. The number of hydrogen-bond acceptors (Lipinski definition) is 8. The first-order chi connectivity index (χ1) is 17.5. The summed E-state index contributed by atoms with van der Waals surface area (Å²) < 4.78 is 0.